The van der Waals surface area contributed by atoms with Crippen LogP contribution in [0.2, 0.25) is 0 Å². The first-order chi connectivity index (χ1) is 11.5. The monoisotopic (exact) mass is 317 g/mol. The highest BCUT2D eigenvalue weighted by Crippen LogP contribution is 2.24. The topological polar surface area (TPSA) is 12.4 Å². The second kappa shape index (κ2) is 8.44. The van der Waals surface area contributed by atoms with Crippen molar-refractivity contribution in [2.24, 2.45) is 4.99 Å². The van der Waals surface area contributed by atoms with E-state index in [9.17, 15) is 0 Å². The lowest BCUT2D eigenvalue weighted by Gasteiger charge is -2.11. The molecule has 2 aromatic rings. The van der Waals surface area contributed by atoms with Gasteiger partial charge in [-0.3, -0.25) is 4.99 Å². The van der Waals surface area contributed by atoms with Gasteiger partial charge >= 0.3 is 0 Å². The zero-order valence-corrected chi connectivity index (χ0v) is 15.1. The van der Waals surface area contributed by atoms with Gasteiger partial charge in [0.2, 0.25) is 0 Å². The van der Waals surface area contributed by atoms with Gasteiger partial charge in [0, 0.05) is 13.3 Å². The van der Waals surface area contributed by atoms with Crippen molar-refractivity contribution in [2.75, 3.05) is 7.05 Å². The molecule has 0 radical (unpaired) electrons. The van der Waals surface area contributed by atoms with Crippen LogP contribution in [0, 0.1) is 13.8 Å². The maximum Gasteiger partial charge on any atom is 0.0284 e. The van der Waals surface area contributed by atoms with E-state index in [4.69, 9.17) is 0 Å². The zero-order chi connectivity index (χ0) is 17.5. The summed E-state index contributed by atoms with van der Waals surface area (Å²) in [4.78, 5) is 4.13. The van der Waals surface area contributed by atoms with Gasteiger partial charge in [0.05, 0.1) is 0 Å². The Morgan fingerprint density at radius 1 is 1.00 bits per heavy atom. The summed E-state index contributed by atoms with van der Waals surface area (Å²) in [6, 6.07) is 15.0. The van der Waals surface area contributed by atoms with Crippen molar-refractivity contribution >= 4 is 11.8 Å². The van der Waals surface area contributed by atoms with E-state index in [0.29, 0.717) is 0 Å². The van der Waals surface area contributed by atoms with E-state index in [1.807, 2.05) is 13.3 Å². The van der Waals surface area contributed by atoms with Crippen LogP contribution in [0.5, 0.6) is 0 Å². The molecule has 0 aliphatic heterocycles. The third kappa shape index (κ3) is 4.79. The minimum absolute atomic E-state index is 0.909. The molecule has 0 unspecified atom stereocenters. The van der Waals surface area contributed by atoms with Crippen LogP contribution in [0.1, 0.15) is 40.7 Å². The van der Waals surface area contributed by atoms with Crippen molar-refractivity contribution in [3.05, 3.63) is 89.0 Å². The predicted octanol–water partition coefficient (Wildman–Crippen LogP) is 5.94. The van der Waals surface area contributed by atoms with E-state index < -0.39 is 0 Å². The lowest BCUT2D eigenvalue weighted by molar-refractivity contribution is 0.942. The molecule has 1 nitrogen and oxygen atoms in total. The lowest BCUT2D eigenvalue weighted by Crippen LogP contribution is -1.95. The molecule has 2 rings (SSSR count). The van der Waals surface area contributed by atoms with Crippen molar-refractivity contribution in [1.29, 1.82) is 0 Å². The SMILES string of the molecule is C=C(CCC(=C)c1ccccc1C)Cc1ccc(C)c(/C=N\C)c1. The standard InChI is InChI=1S/C23H27N/c1-17(10-11-20(4)23-9-7-6-8-19(23)3)14-21-13-12-18(2)22(15-21)16-24-5/h6-9,12-13,15-16H,1,4,10-11,14H2,2-3,5H3/b24-16-. The van der Waals surface area contributed by atoms with Crippen molar-refractivity contribution in [3.63, 3.8) is 0 Å². The molecule has 0 aromatic heterocycles. The molecule has 0 fully saturated rings. The number of aliphatic imine (C=N–C) groups is 1. The molecule has 0 saturated heterocycles. The molecule has 2 aromatic carbocycles. The third-order valence-electron chi connectivity index (χ3n) is 4.37. The van der Waals surface area contributed by atoms with Gasteiger partial charge in [0.15, 0.2) is 0 Å². The van der Waals surface area contributed by atoms with Gasteiger partial charge in [-0.1, -0.05) is 55.1 Å². The van der Waals surface area contributed by atoms with Crippen LogP contribution < -0.4 is 0 Å². The highest BCUT2D eigenvalue weighted by Gasteiger charge is 2.05. The Morgan fingerprint density at radius 3 is 2.46 bits per heavy atom. The fourth-order valence-corrected chi connectivity index (χ4v) is 2.89. The number of allylic oxidation sites excluding steroid dienone is 2. The van der Waals surface area contributed by atoms with Crippen LogP contribution >= 0.6 is 0 Å². The Bertz CT molecular complexity index is 765. The van der Waals surface area contributed by atoms with Crippen LogP contribution in [-0.2, 0) is 6.42 Å². The number of hydrogen-bond acceptors (Lipinski definition) is 1. The summed E-state index contributed by atoms with van der Waals surface area (Å²) in [6.45, 7) is 12.8. The third-order valence-corrected chi connectivity index (χ3v) is 4.37. The molecule has 0 atom stereocenters. The van der Waals surface area contributed by atoms with Gasteiger partial charge in [-0.15, -0.1) is 0 Å². The summed E-state index contributed by atoms with van der Waals surface area (Å²) in [5, 5.41) is 0. The fourth-order valence-electron chi connectivity index (χ4n) is 2.89. The summed E-state index contributed by atoms with van der Waals surface area (Å²) >= 11 is 0. The Hall–Kier alpha value is -2.41. The molecule has 24 heavy (non-hydrogen) atoms. The molecule has 0 heterocycles. The summed E-state index contributed by atoms with van der Waals surface area (Å²) in [6.07, 6.45) is 4.75. The molecule has 0 N–H and O–H groups in total. The van der Waals surface area contributed by atoms with Crippen LogP contribution in [-0.4, -0.2) is 13.3 Å². The number of benzene rings is 2. The molecular weight excluding hydrogens is 290 g/mol. The highest BCUT2D eigenvalue weighted by atomic mass is 14.6. The van der Waals surface area contributed by atoms with E-state index in [2.05, 4.69) is 74.5 Å². The molecule has 124 valence electrons. The van der Waals surface area contributed by atoms with E-state index in [0.717, 1.165) is 19.3 Å². The van der Waals surface area contributed by atoms with E-state index in [-0.39, 0.29) is 0 Å². The van der Waals surface area contributed by atoms with E-state index in [1.165, 1.54) is 39.0 Å². The first kappa shape index (κ1) is 17.9. The largest absolute Gasteiger partial charge is 0.296 e. The van der Waals surface area contributed by atoms with Crippen molar-refractivity contribution in [2.45, 2.75) is 33.1 Å². The Balaban J connectivity index is 1.95. The number of rotatable bonds is 7. The summed E-state index contributed by atoms with van der Waals surface area (Å²) < 4.78 is 0. The predicted molar refractivity (Wildman–Crippen MR) is 107 cm³/mol. The number of nitrogens with zero attached hydrogens (tertiary/aromatic N) is 1. The molecule has 0 bridgehead atoms. The van der Waals surface area contributed by atoms with Crippen LogP contribution in [0.4, 0.5) is 0 Å². The van der Waals surface area contributed by atoms with Gasteiger partial charge in [-0.25, -0.2) is 0 Å². The second-order valence-corrected chi connectivity index (χ2v) is 6.42. The lowest BCUT2D eigenvalue weighted by atomic mass is 9.94. The van der Waals surface area contributed by atoms with Gasteiger partial charge < -0.3 is 0 Å². The average Bonchev–Trinajstić information content (AvgIpc) is 2.56. The van der Waals surface area contributed by atoms with Crippen molar-refractivity contribution in [3.8, 4) is 0 Å². The van der Waals surface area contributed by atoms with E-state index >= 15 is 0 Å². The Morgan fingerprint density at radius 2 is 1.75 bits per heavy atom. The smallest absolute Gasteiger partial charge is 0.0284 e. The average molecular weight is 317 g/mol. The Labute approximate surface area is 146 Å². The van der Waals surface area contributed by atoms with Gasteiger partial charge in [-0.05, 0) is 72.6 Å². The quantitative estimate of drug-likeness (QED) is 0.442. The van der Waals surface area contributed by atoms with Crippen LogP contribution in [0.25, 0.3) is 5.57 Å². The van der Waals surface area contributed by atoms with E-state index in [1.54, 1.807) is 0 Å². The second-order valence-electron chi connectivity index (χ2n) is 6.42. The highest BCUT2D eigenvalue weighted by molar-refractivity contribution is 5.81. The zero-order valence-electron chi connectivity index (χ0n) is 15.1. The maximum absolute atomic E-state index is 4.26. The van der Waals surface area contributed by atoms with Crippen LogP contribution in [0.3, 0.4) is 0 Å². The fraction of sp³-hybridized carbons (Fsp3) is 0.261. The number of hydrogen-bond donors (Lipinski definition) is 0. The maximum atomic E-state index is 4.26. The van der Waals surface area contributed by atoms with Gasteiger partial charge in [-0.2, -0.15) is 0 Å². The molecule has 0 spiro atoms. The van der Waals surface area contributed by atoms with Crippen LogP contribution in [0.15, 0.2) is 66.2 Å². The number of aryl methyl sites for hydroxylation is 2. The molecule has 1 heteroatoms. The van der Waals surface area contributed by atoms with Gasteiger partial charge in [0.25, 0.3) is 0 Å². The summed E-state index contributed by atoms with van der Waals surface area (Å²) in [5.41, 5.74) is 8.72. The first-order valence-electron chi connectivity index (χ1n) is 8.43. The minimum atomic E-state index is 0.909. The molecule has 0 aliphatic carbocycles. The van der Waals surface area contributed by atoms with Crippen molar-refractivity contribution < 1.29 is 0 Å². The normalized spacial score (nSPS) is 11.0. The molecule has 0 aliphatic rings. The molecule has 0 amide bonds. The molecular formula is C23H27N. The Kier molecular flexibility index (Phi) is 6.31. The van der Waals surface area contributed by atoms with Gasteiger partial charge in [0.1, 0.15) is 0 Å². The van der Waals surface area contributed by atoms with Crippen molar-refractivity contribution in [1.82, 2.24) is 0 Å². The summed E-state index contributed by atoms with van der Waals surface area (Å²) in [7, 11) is 1.81. The molecule has 0 saturated carbocycles. The minimum Gasteiger partial charge on any atom is -0.296 e. The first-order valence-corrected chi connectivity index (χ1v) is 8.43. The summed E-state index contributed by atoms with van der Waals surface area (Å²) in [5.74, 6) is 0.